The van der Waals surface area contributed by atoms with Gasteiger partial charge in [-0.05, 0) is 24.5 Å². The molecule has 3 N–H and O–H groups in total. The van der Waals surface area contributed by atoms with Crippen LogP contribution in [0.25, 0.3) is 6.08 Å². The molecular weight excluding hydrogens is 248 g/mol. The van der Waals surface area contributed by atoms with Crippen molar-refractivity contribution in [2.75, 3.05) is 0 Å². The summed E-state index contributed by atoms with van der Waals surface area (Å²) < 4.78 is 26.3. The molecule has 1 aliphatic rings. The van der Waals surface area contributed by atoms with E-state index in [4.69, 9.17) is 5.73 Å². The van der Waals surface area contributed by atoms with Crippen molar-refractivity contribution < 1.29 is 8.42 Å². The minimum Gasteiger partial charge on any atom is -0.326 e. The molecular formula is C13H18N2O2S. The van der Waals surface area contributed by atoms with Crippen LogP contribution in [0, 0.1) is 0 Å². The molecule has 0 aliphatic heterocycles. The molecule has 1 saturated carbocycles. The predicted molar refractivity (Wildman–Crippen MR) is 73.1 cm³/mol. The molecule has 2 rings (SSSR count). The Morgan fingerprint density at radius 2 is 1.94 bits per heavy atom. The topological polar surface area (TPSA) is 72.2 Å². The van der Waals surface area contributed by atoms with Crippen molar-refractivity contribution in [2.24, 2.45) is 5.73 Å². The zero-order chi connectivity index (χ0) is 13.0. The smallest absolute Gasteiger partial charge is 0.234 e. The first-order valence-corrected chi connectivity index (χ1v) is 7.62. The maximum Gasteiger partial charge on any atom is 0.234 e. The van der Waals surface area contributed by atoms with Crippen LogP contribution in [0.15, 0.2) is 35.7 Å². The van der Waals surface area contributed by atoms with Gasteiger partial charge in [0.1, 0.15) is 0 Å². The quantitative estimate of drug-likeness (QED) is 0.866. The Morgan fingerprint density at radius 3 is 2.56 bits per heavy atom. The molecule has 0 saturated heterocycles. The van der Waals surface area contributed by atoms with Crippen molar-refractivity contribution in [3.05, 3.63) is 41.3 Å². The molecule has 1 aliphatic carbocycles. The Hall–Kier alpha value is -1.17. The lowest BCUT2D eigenvalue weighted by atomic mass is 10.2. The molecule has 2 unspecified atom stereocenters. The zero-order valence-corrected chi connectivity index (χ0v) is 10.9. The molecule has 0 amide bonds. The molecule has 18 heavy (non-hydrogen) atoms. The highest BCUT2D eigenvalue weighted by Crippen LogP contribution is 2.18. The standard InChI is InChI=1S/C13H18N2O2S/c14-12-7-4-8-13(12)15-18(16,17)10-9-11-5-2-1-3-6-11/h1-3,5-6,9-10,12-13,15H,4,7-8,14H2. The van der Waals surface area contributed by atoms with E-state index in [1.165, 1.54) is 5.41 Å². The van der Waals surface area contributed by atoms with Gasteiger partial charge in [0.2, 0.25) is 10.0 Å². The van der Waals surface area contributed by atoms with Crippen LogP contribution in [0.4, 0.5) is 0 Å². The normalized spacial score (nSPS) is 24.7. The number of hydrogen-bond donors (Lipinski definition) is 2. The van der Waals surface area contributed by atoms with Crippen LogP contribution in [-0.4, -0.2) is 20.5 Å². The third kappa shape index (κ3) is 3.66. The predicted octanol–water partition coefficient (Wildman–Crippen LogP) is 1.46. The minimum atomic E-state index is -3.41. The summed E-state index contributed by atoms with van der Waals surface area (Å²) in [6.07, 6.45) is 4.27. The van der Waals surface area contributed by atoms with E-state index in [1.807, 2.05) is 30.3 Å². The fourth-order valence-electron chi connectivity index (χ4n) is 2.12. The first-order chi connectivity index (χ1) is 8.57. The molecule has 5 heteroatoms. The van der Waals surface area contributed by atoms with Gasteiger partial charge >= 0.3 is 0 Å². The Bertz CT molecular complexity index is 511. The maximum atomic E-state index is 11.9. The Kier molecular flexibility index (Phi) is 4.16. The van der Waals surface area contributed by atoms with Crippen LogP contribution in [0.2, 0.25) is 0 Å². The molecule has 1 fully saturated rings. The van der Waals surface area contributed by atoms with Crippen molar-refractivity contribution in [3.8, 4) is 0 Å². The van der Waals surface area contributed by atoms with Gasteiger partial charge in [0, 0.05) is 17.5 Å². The maximum absolute atomic E-state index is 11.9. The number of nitrogens with two attached hydrogens (primary N) is 1. The van der Waals surface area contributed by atoms with E-state index < -0.39 is 10.0 Å². The summed E-state index contributed by atoms with van der Waals surface area (Å²) in [6, 6.07) is 9.14. The largest absolute Gasteiger partial charge is 0.326 e. The zero-order valence-electron chi connectivity index (χ0n) is 10.1. The summed E-state index contributed by atoms with van der Waals surface area (Å²) in [5.41, 5.74) is 6.70. The van der Waals surface area contributed by atoms with Gasteiger partial charge in [-0.3, -0.25) is 0 Å². The highest BCUT2D eigenvalue weighted by Gasteiger charge is 2.26. The van der Waals surface area contributed by atoms with Crippen molar-refractivity contribution >= 4 is 16.1 Å². The molecule has 98 valence electrons. The second-order valence-electron chi connectivity index (χ2n) is 4.58. The molecule has 0 radical (unpaired) electrons. The van der Waals surface area contributed by atoms with Crippen LogP contribution in [0.3, 0.4) is 0 Å². The molecule has 0 aromatic heterocycles. The second-order valence-corrected chi connectivity index (χ2v) is 6.18. The molecule has 0 heterocycles. The van der Waals surface area contributed by atoms with Gasteiger partial charge in [-0.15, -0.1) is 0 Å². The number of rotatable bonds is 4. The van der Waals surface area contributed by atoms with Crippen LogP contribution < -0.4 is 10.5 Å². The molecule has 0 spiro atoms. The summed E-state index contributed by atoms with van der Waals surface area (Å²) in [7, 11) is -3.41. The summed E-state index contributed by atoms with van der Waals surface area (Å²) in [4.78, 5) is 0. The number of hydrogen-bond acceptors (Lipinski definition) is 3. The van der Waals surface area contributed by atoms with Gasteiger partial charge in [0.05, 0.1) is 0 Å². The van der Waals surface area contributed by atoms with Crippen molar-refractivity contribution in [1.29, 1.82) is 0 Å². The molecule has 1 aromatic rings. The first-order valence-electron chi connectivity index (χ1n) is 6.08. The van der Waals surface area contributed by atoms with Crippen molar-refractivity contribution in [3.63, 3.8) is 0 Å². The third-order valence-corrected chi connectivity index (χ3v) is 4.25. The highest BCUT2D eigenvalue weighted by molar-refractivity contribution is 7.92. The van der Waals surface area contributed by atoms with Crippen LogP contribution in [0.5, 0.6) is 0 Å². The molecule has 0 bridgehead atoms. The molecule has 4 nitrogen and oxygen atoms in total. The Balaban J connectivity index is 2.01. The fourth-order valence-corrected chi connectivity index (χ4v) is 3.25. The number of benzene rings is 1. The fraction of sp³-hybridized carbons (Fsp3) is 0.385. The highest BCUT2D eigenvalue weighted by atomic mass is 32.2. The monoisotopic (exact) mass is 266 g/mol. The lowest BCUT2D eigenvalue weighted by Gasteiger charge is -2.15. The Morgan fingerprint density at radius 1 is 1.22 bits per heavy atom. The summed E-state index contributed by atoms with van der Waals surface area (Å²) in [5, 5.41) is 1.20. The average molecular weight is 266 g/mol. The molecule has 1 aromatic carbocycles. The molecule has 2 atom stereocenters. The van der Waals surface area contributed by atoms with E-state index in [2.05, 4.69) is 4.72 Å². The summed E-state index contributed by atoms with van der Waals surface area (Å²) >= 11 is 0. The van der Waals surface area contributed by atoms with E-state index in [1.54, 1.807) is 6.08 Å². The van der Waals surface area contributed by atoms with E-state index in [0.29, 0.717) is 0 Å². The van der Waals surface area contributed by atoms with E-state index in [-0.39, 0.29) is 12.1 Å². The summed E-state index contributed by atoms with van der Waals surface area (Å²) in [6.45, 7) is 0. The SMILES string of the molecule is NC1CCCC1NS(=O)(=O)C=Cc1ccccc1. The van der Waals surface area contributed by atoms with Crippen molar-refractivity contribution in [1.82, 2.24) is 4.72 Å². The van der Waals surface area contributed by atoms with E-state index in [9.17, 15) is 8.42 Å². The lowest BCUT2D eigenvalue weighted by Crippen LogP contribution is -2.43. The summed E-state index contributed by atoms with van der Waals surface area (Å²) in [5.74, 6) is 0. The lowest BCUT2D eigenvalue weighted by molar-refractivity contribution is 0.528. The Labute approximate surface area is 108 Å². The van der Waals surface area contributed by atoms with Gasteiger partial charge in [0.25, 0.3) is 0 Å². The van der Waals surface area contributed by atoms with Gasteiger partial charge < -0.3 is 5.73 Å². The van der Waals surface area contributed by atoms with Crippen molar-refractivity contribution in [2.45, 2.75) is 31.3 Å². The first kappa shape index (κ1) is 13.3. The van der Waals surface area contributed by atoms with Crippen LogP contribution in [-0.2, 0) is 10.0 Å². The van der Waals surface area contributed by atoms with Crippen LogP contribution >= 0.6 is 0 Å². The minimum absolute atomic E-state index is 0.0649. The van der Waals surface area contributed by atoms with Gasteiger partial charge in [-0.25, -0.2) is 13.1 Å². The van der Waals surface area contributed by atoms with Gasteiger partial charge in [0.15, 0.2) is 0 Å². The third-order valence-electron chi connectivity index (χ3n) is 3.12. The van der Waals surface area contributed by atoms with Gasteiger partial charge in [-0.2, -0.15) is 0 Å². The van der Waals surface area contributed by atoms with Gasteiger partial charge in [-0.1, -0.05) is 36.8 Å². The second kappa shape index (κ2) is 5.65. The number of sulfonamides is 1. The van der Waals surface area contributed by atoms with E-state index >= 15 is 0 Å². The van der Waals surface area contributed by atoms with Crippen LogP contribution in [0.1, 0.15) is 24.8 Å². The number of nitrogens with one attached hydrogen (secondary N) is 1. The average Bonchev–Trinajstić information content (AvgIpc) is 2.73. The van der Waals surface area contributed by atoms with E-state index in [0.717, 1.165) is 24.8 Å².